The second-order valence-corrected chi connectivity index (χ2v) is 4.74. The summed E-state index contributed by atoms with van der Waals surface area (Å²) in [6, 6.07) is 0. The lowest BCUT2D eigenvalue weighted by Crippen LogP contribution is -2.06. The lowest BCUT2D eigenvalue weighted by Gasteiger charge is -2.02. The predicted molar refractivity (Wildman–Crippen MR) is 66.1 cm³/mol. The summed E-state index contributed by atoms with van der Waals surface area (Å²) >= 11 is 7.34. The van der Waals surface area contributed by atoms with Gasteiger partial charge in [-0.2, -0.15) is 13.2 Å². The first kappa shape index (κ1) is 13.5. The molecule has 0 spiro atoms. The molecule has 2 aromatic heterocycles. The summed E-state index contributed by atoms with van der Waals surface area (Å²) in [5, 5.41) is 0.370. The maximum Gasteiger partial charge on any atom is 0.434 e. The van der Waals surface area contributed by atoms with Gasteiger partial charge in [-0.1, -0.05) is 11.6 Å². The Balaban J connectivity index is 2.24. The van der Waals surface area contributed by atoms with Crippen molar-refractivity contribution in [1.29, 1.82) is 0 Å². The number of imidazole rings is 1. The number of halogens is 5. The summed E-state index contributed by atoms with van der Waals surface area (Å²) in [5.41, 5.74) is -0.930. The fourth-order valence-corrected chi connectivity index (χ4v) is 1.88. The molecular formula is C9H5ClF3IN4. The Morgan fingerprint density at radius 3 is 2.39 bits per heavy atom. The van der Waals surface area contributed by atoms with Crippen LogP contribution in [0, 0.1) is 3.83 Å². The van der Waals surface area contributed by atoms with E-state index in [1.54, 1.807) is 22.6 Å². The molecule has 4 nitrogen and oxygen atoms in total. The van der Waals surface area contributed by atoms with Crippen molar-refractivity contribution in [2.75, 3.05) is 0 Å². The molecule has 0 bridgehead atoms. The third kappa shape index (κ3) is 3.10. The van der Waals surface area contributed by atoms with E-state index in [2.05, 4.69) is 15.0 Å². The second kappa shape index (κ2) is 5.00. The summed E-state index contributed by atoms with van der Waals surface area (Å²) in [6.45, 7) is 0.110. The van der Waals surface area contributed by atoms with Crippen LogP contribution in [0.15, 0.2) is 18.6 Å². The number of aromatic nitrogens is 4. The average Bonchev–Trinajstić information content (AvgIpc) is 2.63. The van der Waals surface area contributed by atoms with Crippen LogP contribution in [0.25, 0.3) is 0 Å². The Morgan fingerprint density at radius 1 is 1.28 bits per heavy atom. The van der Waals surface area contributed by atoms with Gasteiger partial charge in [-0.05, 0) is 22.6 Å². The van der Waals surface area contributed by atoms with Crippen LogP contribution in [0.3, 0.4) is 0 Å². The zero-order valence-corrected chi connectivity index (χ0v) is 11.5. The van der Waals surface area contributed by atoms with E-state index in [0.29, 0.717) is 10.8 Å². The molecule has 0 radical (unpaired) electrons. The molecule has 0 aliphatic carbocycles. The highest BCUT2D eigenvalue weighted by molar-refractivity contribution is 14.1. The van der Waals surface area contributed by atoms with E-state index < -0.39 is 11.9 Å². The Bertz CT molecular complexity index is 552. The first-order chi connectivity index (χ1) is 8.36. The maximum atomic E-state index is 12.4. The summed E-state index contributed by atoms with van der Waals surface area (Å²) in [4.78, 5) is 11.3. The van der Waals surface area contributed by atoms with Gasteiger partial charge >= 0.3 is 6.18 Å². The fourth-order valence-electron chi connectivity index (χ4n) is 1.21. The van der Waals surface area contributed by atoms with Gasteiger partial charge in [0.25, 0.3) is 0 Å². The van der Waals surface area contributed by atoms with Gasteiger partial charge in [0.1, 0.15) is 5.82 Å². The minimum absolute atomic E-state index is 0.110. The molecule has 2 aromatic rings. The summed E-state index contributed by atoms with van der Waals surface area (Å²) in [7, 11) is 0. The molecule has 0 fully saturated rings. The van der Waals surface area contributed by atoms with E-state index in [1.807, 2.05) is 0 Å². The van der Waals surface area contributed by atoms with Crippen molar-refractivity contribution < 1.29 is 13.2 Å². The molecule has 2 heterocycles. The molecule has 0 aliphatic heterocycles. The summed E-state index contributed by atoms with van der Waals surface area (Å²) in [5.74, 6) is 0.364. The predicted octanol–water partition coefficient (Wildman–Crippen LogP) is 3.00. The molecule has 0 unspecified atom stereocenters. The van der Waals surface area contributed by atoms with Crippen molar-refractivity contribution in [3.05, 3.63) is 39.0 Å². The first-order valence-electron chi connectivity index (χ1n) is 4.62. The smallest absolute Gasteiger partial charge is 0.318 e. The monoisotopic (exact) mass is 388 g/mol. The molecule has 9 heteroatoms. The van der Waals surface area contributed by atoms with Crippen molar-refractivity contribution in [3.8, 4) is 0 Å². The highest BCUT2D eigenvalue weighted by Gasteiger charge is 2.34. The van der Waals surface area contributed by atoms with Crippen LogP contribution in [0.5, 0.6) is 0 Å². The van der Waals surface area contributed by atoms with E-state index in [1.165, 1.54) is 17.0 Å². The lowest BCUT2D eigenvalue weighted by molar-refractivity contribution is -0.141. The zero-order valence-electron chi connectivity index (χ0n) is 8.62. The topological polar surface area (TPSA) is 43.6 Å². The first-order valence-corrected chi connectivity index (χ1v) is 6.08. The van der Waals surface area contributed by atoms with Gasteiger partial charge in [-0.15, -0.1) is 0 Å². The highest BCUT2D eigenvalue weighted by atomic mass is 127. The molecule has 18 heavy (non-hydrogen) atoms. The van der Waals surface area contributed by atoms with Gasteiger partial charge in [0.05, 0.1) is 11.6 Å². The van der Waals surface area contributed by atoms with Crippen LogP contribution in [0.4, 0.5) is 13.2 Å². The van der Waals surface area contributed by atoms with Crippen LogP contribution in [-0.2, 0) is 12.7 Å². The molecule has 0 aliphatic rings. The van der Waals surface area contributed by atoms with Gasteiger partial charge in [0.15, 0.2) is 9.53 Å². The number of nitrogens with zero attached hydrogens (tertiary/aromatic N) is 4. The normalized spacial score (nSPS) is 11.8. The minimum Gasteiger partial charge on any atom is -0.318 e. The van der Waals surface area contributed by atoms with E-state index in [4.69, 9.17) is 11.6 Å². The van der Waals surface area contributed by atoms with Crippen LogP contribution in [0.1, 0.15) is 11.5 Å². The number of alkyl halides is 3. The SMILES string of the molecule is FC(F)(F)c1cn(Cc2ncc(Cl)cn2)c(I)n1. The molecule has 0 saturated carbocycles. The molecule has 0 aromatic carbocycles. The molecular weight excluding hydrogens is 383 g/mol. The standard InChI is InChI=1S/C9H5ClF3IN4/c10-5-1-15-7(16-2-5)4-18-3-6(9(11,12)13)17-8(18)14/h1-3H,4H2. The third-order valence-corrected chi connectivity index (χ3v) is 3.06. The van der Waals surface area contributed by atoms with E-state index in [9.17, 15) is 13.2 Å². The average molecular weight is 389 g/mol. The number of rotatable bonds is 2. The van der Waals surface area contributed by atoms with Crippen LogP contribution >= 0.6 is 34.2 Å². The van der Waals surface area contributed by atoms with Gasteiger partial charge in [0.2, 0.25) is 0 Å². The highest BCUT2D eigenvalue weighted by Crippen LogP contribution is 2.28. The lowest BCUT2D eigenvalue weighted by atomic mass is 10.4. The second-order valence-electron chi connectivity index (χ2n) is 3.34. The Morgan fingerprint density at radius 2 is 1.89 bits per heavy atom. The molecule has 0 N–H and O–H groups in total. The Kier molecular flexibility index (Phi) is 3.76. The van der Waals surface area contributed by atoms with Crippen molar-refractivity contribution in [2.24, 2.45) is 0 Å². The summed E-state index contributed by atoms with van der Waals surface area (Å²) < 4.78 is 38.9. The number of hydrogen-bond donors (Lipinski definition) is 0. The van der Waals surface area contributed by atoms with Crippen LogP contribution < -0.4 is 0 Å². The minimum atomic E-state index is -4.45. The van der Waals surface area contributed by atoms with E-state index in [0.717, 1.165) is 6.20 Å². The molecule has 0 atom stereocenters. The van der Waals surface area contributed by atoms with Crippen molar-refractivity contribution in [2.45, 2.75) is 12.7 Å². The van der Waals surface area contributed by atoms with Gasteiger partial charge < -0.3 is 4.57 Å². The molecule has 96 valence electrons. The van der Waals surface area contributed by atoms with Gasteiger partial charge in [0, 0.05) is 18.6 Å². The number of hydrogen-bond acceptors (Lipinski definition) is 3. The van der Waals surface area contributed by atoms with Gasteiger partial charge in [-0.25, -0.2) is 15.0 Å². The maximum absolute atomic E-state index is 12.4. The molecule has 2 rings (SSSR count). The van der Waals surface area contributed by atoms with Crippen molar-refractivity contribution >= 4 is 34.2 Å². The van der Waals surface area contributed by atoms with Crippen LogP contribution in [0.2, 0.25) is 5.02 Å². The summed E-state index contributed by atoms with van der Waals surface area (Å²) in [6.07, 6.45) is -0.748. The van der Waals surface area contributed by atoms with E-state index in [-0.39, 0.29) is 10.4 Å². The Labute approximate surface area is 118 Å². The zero-order chi connectivity index (χ0) is 13.3. The molecule has 0 saturated heterocycles. The Hall–Kier alpha value is -0.900. The van der Waals surface area contributed by atoms with Crippen LogP contribution in [-0.4, -0.2) is 19.5 Å². The third-order valence-electron chi connectivity index (χ3n) is 2.00. The quantitative estimate of drug-likeness (QED) is 0.743. The van der Waals surface area contributed by atoms with Crippen molar-refractivity contribution in [3.63, 3.8) is 0 Å². The van der Waals surface area contributed by atoms with E-state index >= 15 is 0 Å². The largest absolute Gasteiger partial charge is 0.434 e. The van der Waals surface area contributed by atoms with Gasteiger partial charge in [-0.3, -0.25) is 0 Å². The van der Waals surface area contributed by atoms with Crippen molar-refractivity contribution in [1.82, 2.24) is 19.5 Å². The molecule has 0 amide bonds. The fraction of sp³-hybridized carbons (Fsp3) is 0.222.